The SMILES string of the molecule is CCOc1cc(N2CCN(C3CCNCC3)CC2)ccc1[N+](=O)[O-]. The number of ether oxygens (including phenoxy) is 1. The van der Waals surface area contributed by atoms with Crippen LogP contribution in [0.5, 0.6) is 5.75 Å². The topological polar surface area (TPSA) is 70.9 Å². The zero-order valence-electron chi connectivity index (χ0n) is 14.2. The molecule has 1 aromatic carbocycles. The van der Waals surface area contributed by atoms with Crippen molar-refractivity contribution in [3.8, 4) is 5.75 Å². The molecule has 1 aromatic rings. The van der Waals surface area contributed by atoms with E-state index in [0.717, 1.165) is 45.0 Å². The van der Waals surface area contributed by atoms with Crippen LogP contribution in [0.4, 0.5) is 11.4 Å². The minimum atomic E-state index is -0.385. The van der Waals surface area contributed by atoms with E-state index in [1.54, 1.807) is 6.07 Å². The van der Waals surface area contributed by atoms with E-state index in [9.17, 15) is 10.1 Å². The third-order valence-corrected chi connectivity index (χ3v) is 4.94. The van der Waals surface area contributed by atoms with Crippen LogP contribution in [0.1, 0.15) is 19.8 Å². The molecule has 0 aromatic heterocycles. The van der Waals surface area contributed by atoms with Crippen LogP contribution < -0.4 is 15.0 Å². The van der Waals surface area contributed by atoms with Crippen LogP contribution in [0.25, 0.3) is 0 Å². The van der Waals surface area contributed by atoms with Gasteiger partial charge in [-0.3, -0.25) is 15.0 Å². The van der Waals surface area contributed by atoms with Crippen LogP contribution in [0, 0.1) is 10.1 Å². The Labute approximate surface area is 142 Å². The first-order valence-electron chi connectivity index (χ1n) is 8.80. The molecule has 0 amide bonds. The molecule has 0 unspecified atom stereocenters. The Kier molecular flexibility index (Phi) is 5.52. The first kappa shape index (κ1) is 17.0. The number of nitrogens with zero attached hydrogens (tertiary/aromatic N) is 3. The molecule has 132 valence electrons. The molecule has 24 heavy (non-hydrogen) atoms. The van der Waals surface area contributed by atoms with Crippen molar-refractivity contribution in [2.75, 3.05) is 50.8 Å². The molecule has 2 saturated heterocycles. The van der Waals surface area contributed by atoms with Crippen LogP contribution in [0.3, 0.4) is 0 Å². The molecule has 3 rings (SSSR count). The zero-order chi connectivity index (χ0) is 16.9. The predicted molar refractivity (Wildman–Crippen MR) is 93.9 cm³/mol. The Balaban J connectivity index is 1.65. The number of hydrogen-bond donors (Lipinski definition) is 1. The summed E-state index contributed by atoms with van der Waals surface area (Å²) >= 11 is 0. The number of benzene rings is 1. The van der Waals surface area contributed by atoms with Gasteiger partial charge in [-0.15, -0.1) is 0 Å². The fraction of sp³-hybridized carbons (Fsp3) is 0.647. The Morgan fingerprint density at radius 2 is 1.96 bits per heavy atom. The highest BCUT2D eigenvalue weighted by atomic mass is 16.6. The van der Waals surface area contributed by atoms with Gasteiger partial charge in [0.1, 0.15) is 0 Å². The lowest BCUT2D eigenvalue weighted by Gasteiger charge is -2.41. The minimum absolute atomic E-state index is 0.0361. The molecule has 1 N–H and O–H groups in total. The summed E-state index contributed by atoms with van der Waals surface area (Å²) in [6.45, 7) is 8.50. The van der Waals surface area contributed by atoms with Gasteiger partial charge in [0.15, 0.2) is 5.75 Å². The van der Waals surface area contributed by atoms with E-state index in [4.69, 9.17) is 4.74 Å². The maximum absolute atomic E-state index is 11.1. The molecule has 7 heteroatoms. The van der Waals surface area contributed by atoms with Crippen molar-refractivity contribution in [1.29, 1.82) is 0 Å². The van der Waals surface area contributed by atoms with E-state index in [2.05, 4.69) is 15.1 Å². The van der Waals surface area contributed by atoms with Crippen LogP contribution in [0.15, 0.2) is 18.2 Å². The Hall–Kier alpha value is -1.86. The Morgan fingerprint density at radius 1 is 1.25 bits per heavy atom. The molecular formula is C17H26N4O3. The van der Waals surface area contributed by atoms with Crippen molar-refractivity contribution in [1.82, 2.24) is 10.2 Å². The van der Waals surface area contributed by atoms with Gasteiger partial charge in [0.2, 0.25) is 0 Å². The van der Waals surface area contributed by atoms with Crippen molar-refractivity contribution < 1.29 is 9.66 Å². The summed E-state index contributed by atoms with van der Waals surface area (Å²) in [4.78, 5) is 15.6. The monoisotopic (exact) mass is 334 g/mol. The third kappa shape index (κ3) is 3.79. The zero-order valence-corrected chi connectivity index (χ0v) is 14.2. The van der Waals surface area contributed by atoms with Crippen LogP contribution in [-0.2, 0) is 0 Å². The molecule has 2 fully saturated rings. The highest BCUT2D eigenvalue weighted by Crippen LogP contribution is 2.32. The average molecular weight is 334 g/mol. The number of piperazine rings is 1. The van der Waals surface area contributed by atoms with Crippen molar-refractivity contribution in [2.45, 2.75) is 25.8 Å². The number of piperidine rings is 1. The number of nitrogens with one attached hydrogen (secondary N) is 1. The molecule has 0 atom stereocenters. The van der Waals surface area contributed by atoms with Gasteiger partial charge in [-0.25, -0.2) is 0 Å². The fourth-order valence-corrected chi connectivity index (χ4v) is 3.64. The Morgan fingerprint density at radius 3 is 2.58 bits per heavy atom. The second kappa shape index (κ2) is 7.81. The standard InChI is InChI=1S/C17H26N4O3/c1-2-24-17-13-15(3-4-16(17)21(22)23)20-11-9-19(10-12-20)14-5-7-18-8-6-14/h3-4,13-14,18H,2,5-12H2,1H3. The average Bonchev–Trinajstić information content (AvgIpc) is 2.63. The summed E-state index contributed by atoms with van der Waals surface area (Å²) in [6, 6.07) is 5.89. The lowest BCUT2D eigenvalue weighted by molar-refractivity contribution is -0.385. The van der Waals surface area contributed by atoms with Gasteiger partial charge in [0, 0.05) is 50.0 Å². The van der Waals surface area contributed by atoms with E-state index in [-0.39, 0.29) is 10.6 Å². The molecule has 0 aliphatic carbocycles. The second-order valence-corrected chi connectivity index (χ2v) is 6.35. The molecule has 0 saturated carbocycles. The lowest BCUT2D eigenvalue weighted by atomic mass is 10.0. The number of hydrogen-bond acceptors (Lipinski definition) is 6. The normalized spacial score (nSPS) is 20.1. The highest BCUT2D eigenvalue weighted by molar-refractivity contribution is 5.59. The molecule has 0 spiro atoms. The fourth-order valence-electron chi connectivity index (χ4n) is 3.64. The predicted octanol–water partition coefficient (Wildman–Crippen LogP) is 1.87. The molecule has 0 bridgehead atoms. The van der Waals surface area contributed by atoms with Gasteiger partial charge in [0.25, 0.3) is 0 Å². The van der Waals surface area contributed by atoms with Gasteiger partial charge < -0.3 is 15.0 Å². The number of anilines is 1. The van der Waals surface area contributed by atoms with Crippen LogP contribution >= 0.6 is 0 Å². The van der Waals surface area contributed by atoms with E-state index in [0.29, 0.717) is 18.4 Å². The summed E-state index contributed by atoms with van der Waals surface area (Å²) in [5.74, 6) is 0.362. The molecule has 0 radical (unpaired) electrons. The van der Waals surface area contributed by atoms with Crippen molar-refractivity contribution in [3.63, 3.8) is 0 Å². The van der Waals surface area contributed by atoms with Gasteiger partial charge in [0.05, 0.1) is 11.5 Å². The third-order valence-electron chi connectivity index (χ3n) is 4.94. The van der Waals surface area contributed by atoms with Crippen LogP contribution in [0.2, 0.25) is 0 Å². The smallest absolute Gasteiger partial charge is 0.311 e. The lowest BCUT2D eigenvalue weighted by Crippen LogP contribution is -2.52. The number of rotatable bonds is 5. The van der Waals surface area contributed by atoms with E-state index in [1.165, 1.54) is 12.8 Å². The molecular weight excluding hydrogens is 308 g/mol. The number of nitro benzene ring substituents is 1. The van der Waals surface area contributed by atoms with E-state index >= 15 is 0 Å². The van der Waals surface area contributed by atoms with Crippen molar-refractivity contribution in [3.05, 3.63) is 28.3 Å². The molecule has 2 aliphatic rings. The maximum Gasteiger partial charge on any atom is 0.311 e. The van der Waals surface area contributed by atoms with Gasteiger partial charge in [-0.05, 0) is 38.9 Å². The Bertz CT molecular complexity index is 567. The summed E-state index contributed by atoms with van der Waals surface area (Å²) in [6.07, 6.45) is 2.46. The van der Waals surface area contributed by atoms with Crippen molar-refractivity contribution >= 4 is 11.4 Å². The van der Waals surface area contributed by atoms with Crippen molar-refractivity contribution in [2.24, 2.45) is 0 Å². The maximum atomic E-state index is 11.1. The highest BCUT2D eigenvalue weighted by Gasteiger charge is 2.26. The summed E-state index contributed by atoms with van der Waals surface area (Å²) in [7, 11) is 0. The van der Waals surface area contributed by atoms with Gasteiger partial charge in [-0.1, -0.05) is 0 Å². The first-order valence-corrected chi connectivity index (χ1v) is 8.80. The number of nitro groups is 1. The molecule has 2 aliphatic heterocycles. The van der Waals surface area contributed by atoms with E-state index < -0.39 is 0 Å². The molecule has 7 nitrogen and oxygen atoms in total. The summed E-state index contributed by atoms with van der Waals surface area (Å²) in [5.41, 5.74) is 1.04. The first-order chi connectivity index (χ1) is 11.7. The van der Waals surface area contributed by atoms with E-state index in [1.807, 2.05) is 19.1 Å². The second-order valence-electron chi connectivity index (χ2n) is 6.35. The van der Waals surface area contributed by atoms with Crippen LogP contribution in [-0.4, -0.2) is 61.7 Å². The summed E-state index contributed by atoms with van der Waals surface area (Å²) in [5, 5.41) is 14.5. The quantitative estimate of drug-likeness (QED) is 0.655. The summed E-state index contributed by atoms with van der Waals surface area (Å²) < 4.78 is 5.46. The molecule has 2 heterocycles. The largest absolute Gasteiger partial charge is 0.487 e. The minimum Gasteiger partial charge on any atom is -0.487 e. The van der Waals surface area contributed by atoms with Gasteiger partial charge >= 0.3 is 5.69 Å². The van der Waals surface area contributed by atoms with Gasteiger partial charge in [-0.2, -0.15) is 0 Å².